The second-order valence-electron chi connectivity index (χ2n) is 5.67. The average Bonchev–Trinajstić information content (AvgIpc) is 3.21. The predicted octanol–water partition coefficient (Wildman–Crippen LogP) is 1.51. The van der Waals surface area contributed by atoms with Gasteiger partial charge in [-0.2, -0.15) is 0 Å². The van der Waals surface area contributed by atoms with Crippen LogP contribution in [-0.2, 0) is 19.4 Å². The van der Waals surface area contributed by atoms with Crippen molar-refractivity contribution in [3.63, 3.8) is 0 Å². The van der Waals surface area contributed by atoms with Gasteiger partial charge in [0, 0.05) is 11.4 Å². The van der Waals surface area contributed by atoms with Crippen molar-refractivity contribution in [3.05, 3.63) is 35.4 Å². The molecule has 2 aromatic heterocycles. The van der Waals surface area contributed by atoms with E-state index in [2.05, 4.69) is 5.32 Å². The molecule has 7 nitrogen and oxygen atoms in total. The van der Waals surface area contributed by atoms with Crippen LogP contribution in [-0.4, -0.2) is 38.4 Å². The van der Waals surface area contributed by atoms with Crippen LogP contribution in [0, 0.1) is 0 Å². The molecule has 1 aliphatic heterocycles. The number of rotatable bonds is 4. The first-order chi connectivity index (χ1) is 11.5. The highest BCUT2D eigenvalue weighted by molar-refractivity contribution is 7.92. The topological polar surface area (TPSA) is 109 Å². The molecule has 1 fully saturated rings. The van der Waals surface area contributed by atoms with E-state index in [1.165, 1.54) is 11.3 Å². The van der Waals surface area contributed by atoms with Crippen LogP contribution in [0.5, 0.6) is 0 Å². The molecule has 0 bridgehead atoms. The van der Waals surface area contributed by atoms with E-state index in [-0.39, 0.29) is 18.6 Å². The lowest BCUT2D eigenvalue weighted by Crippen LogP contribution is -2.41. The van der Waals surface area contributed by atoms with Gasteiger partial charge in [-0.05, 0) is 37.2 Å². The first-order valence-corrected chi connectivity index (χ1v) is 9.95. The molecule has 0 aliphatic carbocycles. The zero-order chi connectivity index (χ0) is 17.2. The summed E-state index contributed by atoms with van der Waals surface area (Å²) in [4.78, 5) is 13.2. The van der Waals surface area contributed by atoms with Crippen molar-refractivity contribution >= 4 is 27.1 Å². The summed E-state index contributed by atoms with van der Waals surface area (Å²) in [6, 6.07) is 7.09. The molecule has 3 rings (SSSR count). The van der Waals surface area contributed by atoms with Crippen molar-refractivity contribution in [1.29, 1.82) is 0 Å². The Kier molecular flexibility index (Phi) is 4.77. The maximum absolute atomic E-state index is 13.0. The van der Waals surface area contributed by atoms with E-state index in [9.17, 15) is 13.2 Å². The SMILES string of the molecule is O=C(C[C@]1(c2ccc(-c3ccco3)s2)CCNCCS1(=O)=O)NO. The zero-order valence-electron chi connectivity index (χ0n) is 12.8. The fourth-order valence-electron chi connectivity index (χ4n) is 2.97. The second kappa shape index (κ2) is 6.67. The van der Waals surface area contributed by atoms with Crippen molar-refractivity contribution in [2.75, 3.05) is 18.8 Å². The normalized spacial score (nSPS) is 23.5. The predicted molar refractivity (Wildman–Crippen MR) is 89.5 cm³/mol. The summed E-state index contributed by atoms with van der Waals surface area (Å²) in [5.41, 5.74) is 1.56. The van der Waals surface area contributed by atoms with E-state index in [0.29, 0.717) is 23.7 Å². The molecular weight excluding hydrogens is 352 g/mol. The summed E-state index contributed by atoms with van der Waals surface area (Å²) in [6.07, 6.45) is 1.50. The number of hydrogen-bond donors (Lipinski definition) is 3. The lowest BCUT2D eigenvalue weighted by Gasteiger charge is -2.30. The summed E-state index contributed by atoms with van der Waals surface area (Å²) in [5, 5.41) is 12.0. The Morgan fingerprint density at radius 2 is 2.21 bits per heavy atom. The number of amides is 1. The van der Waals surface area contributed by atoms with Gasteiger partial charge in [0.1, 0.15) is 10.5 Å². The molecule has 0 unspecified atom stereocenters. The molecule has 3 N–H and O–H groups in total. The summed E-state index contributed by atoms with van der Waals surface area (Å²) < 4.78 is 29.9. The summed E-state index contributed by atoms with van der Waals surface area (Å²) in [7, 11) is -3.59. The quantitative estimate of drug-likeness (QED) is 0.556. The van der Waals surface area contributed by atoms with Crippen molar-refractivity contribution in [1.82, 2.24) is 10.8 Å². The molecule has 1 saturated heterocycles. The van der Waals surface area contributed by atoms with Crippen molar-refractivity contribution in [3.8, 4) is 10.6 Å². The van der Waals surface area contributed by atoms with Gasteiger partial charge in [-0.1, -0.05) is 0 Å². The number of thiophene rings is 1. The minimum absolute atomic E-state index is 0.0559. The van der Waals surface area contributed by atoms with Crippen LogP contribution in [0.3, 0.4) is 0 Å². The van der Waals surface area contributed by atoms with E-state index in [0.717, 1.165) is 4.88 Å². The molecule has 24 heavy (non-hydrogen) atoms. The zero-order valence-corrected chi connectivity index (χ0v) is 14.5. The van der Waals surface area contributed by atoms with Crippen LogP contribution < -0.4 is 10.8 Å². The first-order valence-electron chi connectivity index (χ1n) is 7.49. The highest BCUT2D eigenvalue weighted by Gasteiger charge is 2.48. The highest BCUT2D eigenvalue weighted by Crippen LogP contribution is 2.44. The smallest absolute Gasteiger partial charge is 0.245 e. The summed E-state index contributed by atoms with van der Waals surface area (Å²) in [6.45, 7) is 0.827. The molecule has 0 saturated carbocycles. The van der Waals surface area contributed by atoms with E-state index < -0.39 is 20.5 Å². The Bertz CT molecular complexity index is 813. The fourth-order valence-corrected chi connectivity index (χ4v) is 6.50. The van der Waals surface area contributed by atoms with Crippen LogP contribution in [0.4, 0.5) is 0 Å². The average molecular weight is 370 g/mol. The minimum atomic E-state index is -3.59. The molecular formula is C15H18N2O5S2. The number of carbonyl (C=O) groups is 1. The van der Waals surface area contributed by atoms with Crippen molar-refractivity contribution < 1.29 is 22.8 Å². The Hall–Kier alpha value is -1.68. The van der Waals surface area contributed by atoms with Gasteiger partial charge in [-0.25, -0.2) is 13.9 Å². The standard InChI is InChI=1S/C15H18N2O5S2/c18-14(17-19)10-15(5-6-16-7-9-24(15,20)21)13-4-3-12(23-13)11-2-1-8-22-11/h1-4,8,16,19H,5-7,9-10H2,(H,17,18)/t15-/m0/s1. The van der Waals surface area contributed by atoms with Gasteiger partial charge in [0.2, 0.25) is 5.91 Å². The van der Waals surface area contributed by atoms with E-state index in [4.69, 9.17) is 9.62 Å². The maximum atomic E-state index is 13.0. The van der Waals surface area contributed by atoms with Crippen LogP contribution >= 0.6 is 11.3 Å². The van der Waals surface area contributed by atoms with Crippen LogP contribution in [0.25, 0.3) is 10.6 Å². The molecule has 9 heteroatoms. The Morgan fingerprint density at radius 1 is 1.38 bits per heavy atom. The van der Waals surface area contributed by atoms with E-state index >= 15 is 0 Å². The van der Waals surface area contributed by atoms with Crippen molar-refractivity contribution in [2.24, 2.45) is 0 Å². The third kappa shape index (κ3) is 3.00. The van der Waals surface area contributed by atoms with Gasteiger partial charge in [-0.3, -0.25) is 10.0 Å². The van der Waals surface area contributed by atoms with E-state index in [1.807, 2.05) is 0 Å². The monoisotopic (exact) mass is 370 g/mol. The molecule has 0 aromatic carbocycles. The molecule has 1 aliphatic rings. The molecule has 3 heterocycles. The van der Waals surface area contributed by atoms with Gasteiger partial charge in [0.15, 0.2) is 9.84 Å². The summed E-state index contributed by atoms with van der Waals surface area (Å²) >= 11 is 1.30. The number of hydroxylamine groups is 1. The van der Waals surface area contributed by atoms with Gasteiger partial charge >= 0.3 is 0 Å². The number of furan rings is 1. The number of carbonyl (C=O) groups excluding carboxylic acids is 1. The molecule has 1 amide bonds. The van der Waals surface area contributed by atoms with Gasteiger partial charge < -0.3 is 9.73 Å². The highest BCUT2D eigenvalue weighted by atomic mass is 32.2. The molecule has 2 aromatic rings. The maximum Gasteiger partial charge on any atom is 0.245 e. The lowest BCUT2D eigenvalue weighted by atomic mass is 9.97. The van der Waals surface area contributed by atoms with E-state index in [1.54, 1.807) is 36.0 Å². The largest absolute Gasteiger partial charge is 0.464 e. The molecule has 1 atom stereocenters. The number of nitrogens with one attached hydrogen (secondary N) is 2. The van der Waals surface area contributed by atoms with Crippen molar-refractivity contribution in [2.45, 2.75) is 17.6 Å². The first kappa shape index (κ1) is 17.2. The van der Waals surface area contributed by atoms with Gasteiger partial charge in [0.05, 0.1) is 23.3 Å². The third-order valence-electron chi connectivity index (χ3n) is 4.24. The Morgan fingerprint density at radius 3 is 2.92 bits per heavy atom. The number of hydrogen-bond acceptors (Lipinski definition) is 7. The van der Waals surface area contributed by atoms with Crippen LogP contribution in [0.15, 0.2) is 34.9 Å². The lowest BCUT2D eigenvalue weighted by molar-refractivity contribution is -0.129. The molecule has 0 spiro atoms. The van der Waals surface area contributed by atoms with Gasteiger partial charge in [0.25, 0.3) is 0 Å². The van der Waals surface area contributed by atoms with Crippen LogP contribution in [0.2, 0.25) is 0 Å². The summed E-state index contributed by atoms with van der Waals surface area (Å²) in [5.74, 6) is -0.120. The van der Waals surface area contributed by atoms with Gasteiger partial charge in [-0.15, -0.1) is 11.3 Å². The Labute approximate surface area is 143 Å². The molecule has 130 valence electrons. The number of sulfone groups is 1. The second-order valence-corrected chi connectivity index (χ2v) is 9.17. The minimum Gasteiger partial charge on any atom is -0.464 e. The Balaban J connectivity index is 2.09. The third-order valence-corrected chi connectivity index (χ3v) is 8.17. The molecule has 0 radical (unpaired) electrons. The van der Waals surface area contributed by atoms with Crippen LogP contribution in [0.1, 0.15) is 17.7 Å². The fraction of sp³-hybridized carbons (Fsp3) is 0.400.